The van der Waals surface area contributed by atoms with Crippen molar-refractivity contribution in [2.45, 2.75) is 84.9 Å². The lowest BCUT2D eigenvalue weighted by molar-refractivity contribution is -0.133. The van der Waals surface area contributed by atoms with E-state index in [1.165, 1.54) is 6.92 Å². The largest absolute Gasteiger partial charge is 0.444 e. The Balaban J connectivity index is 2.55. The molecule has 1 rings (SSSR count). The highest BCUT2D eigenvalue weighted by Gasteiger charge is 2.28. The zero-order valence-corrected chi connectivity index (χ0v) is 27.4. The summed E-state index contributed by atoms with van der Waals surface area (Å²) in [5.41, 5.74) is 0.213. The third kappa shape index (κ3) is 19.9. The number of Topliss-reactive ketones (excluding diaryl/α,β-unsaturated/α-hetero) is 2. The van der Waals surface area contributed by atoms with Gasteiger partial charge in [0, 0.05) is 25.8 Å². The molecule has 0 saturated heterocycles. The van der Waals surface area contributed by atoms with Crippen LogP contribution in [0.4, 0.5) is 4.79 Å². The summed E-state index contributed by atoms with van der Waals surface area (Å²) in [6.45, 7) is 11.0. The fourth-order valence-corrected chi connectivity index (χ4v) is 3.91. The summed E-state index contributed by atoms with van der Waals surface area (Å²) in [5.74, 6) is -1.97. The van der Waals surface area contributed by atoms with E-state index in [9.17, 15) is 28.8 Å². The van der Waals surface area contributed by atoms with Gasteiger partial charge in [-0.15, -0.1) is 0 Å². The molecule has 4 amide bonds. The van der Waals surface area contributed by atoms with Crippen molar-refractivity contribution in [1.82, 2.24) is 21.3 Å². The fraction of sp³-hybridized carbons (Fsp3) is 0.625. The van der Waals surface area contributed by atoms with Crippen LogP contribution in [-0.2, 0) is 44.6 Å². The molecule has 0 bridgehead atoms. The Morgan fingerprint density at radius 1 is 0.800 bits per heavy atom. The molecule has 0 aliphatic heterocycles. The quantitative estimate of drug-likeness (QED) is 0.147. The Labute approximate surface area is 265 Å². The Morgan fingerprint density at radius 3 is 2.09 bits per heavy atom. The molecule has 1 aromatic rings. The zero-order chi connectivity index (χ0) is 33.8. The molecule has 252 valence electrons. The van der Waals surface area contributed by atoms with Gasteiger partial charge in [-0.3, -0.25) is 24.0 Å². The highest BCUT2D eigenvalue weighted by atomic mass is 16.6. The maximum absolute atomic E-state index is 13.3. The minimum Gasteiger partial charge on any atom is -0.444 e. The molecule has 0 fully saturated rings. The zero-order valence-electron chi connectivity index (χ0n) is 27.4. The molecule has 13 heteroatoms. The van der Waals surface area contributed by atoms with E-state index < -0.39 is 41.5 Å². The molecule has 4 N–H and O–H groups in total. The van der Waals surface area contributed by atoms with Gasteiger partial charge < -0.3 is 35.5 Å². The van der Waals surface area contributed by atoms with E-state index in [-0.39, 0.29) is 76.3 Å². The smallest absolute Gasteiger partial charge is 0.407 e. The lowest BCUT2D eigenvalue weighted by Crippen LogP contribution is -2.55. The maximum Gasteiger partial charge on any atom is 0.407 e. The van der Waals surface area contributed by atoms with Gasteiger partial charge in [0.05, 0.1) is 26.4 Å². The molecule has 0 heterocycles. The first-order valence-corrected chi connectivity index (χ1v) is 15.2. The molecule has 0 radical (unpaired) electrons. The molecular weight excluding hydrogens is 584 g/mol. The van der Waals surface area contributed by atoms with E-state index in [0.29, 0.717) is 6.42 Å². The molecule has 1 aromatic carbocycles. The van der Waals surface area contributed by atoms with Crippen molar-refractivity contribution in [3.63, 3.8) is 0 Å². The minimum absolute atomic E-state index is 0.0708. The molecule has 2 unspecified atom stereocenters. The van der Waals surface area contributed by atoms with E-state index in [1.807, 2.05) is 44.2 Å². The first-order valence-electron chi connectivity index (χ1n) is 15.2. The average molecular weight is 635 g/mol. The monoisotopic (exact) mass is 634 g/mol. The lowest BCUT2D eigenvalue weighted by atomic mass is 10.0. The standard InChI is InChI=1S/C32H50N4O9/c1-22(2)18-26(29(40)34-20-23(3)37)36-30(41)27(19-24-10-8-7-9-11-24)35-28(39)13-12-25(38)21-44-17-16-43-15-14-33-31(42)45-32(4,5)6/h7-11,22,26-27H,12-21H2,1-6H3,(H,33,42)(H,34,40)(H,35,39)(H,36,41). The number of ether oxygens (including phenoxy) is 3. The highest BCUT2D eigenvalue weighted by Crippen LogP contribution is 2.09. The van der Waals surface area contributed by atoms with E-state index in [0.717, 1.165) is 5.56 Å². The molecule has 2 atom stereocenters. The van der Waals surface area contributed by atoms with Crippen molar-refractivity contribution in [2.75, 3.05) is 39.5 Å². The Bertz CT molecular complexity index is 1100. The third-order valence-corrected chi connectivity index (χ3v) is 5.97. The predicted molar refractivity (Wildman–Crippen MR) is 167 cm³/mol. The average Bonchev–Trinajstić information content (AvgIpc) is 2.94. The Hall–Kier alpha value is -3.84. The van der Waals surface area contributed by atoms with E-state index in [4.69, 9.17) is 14.2 Å². The van der Waals surface area contributed by atoms with Gasteiger partial charge in [0.25, 0.3) is 0 Å². The highest BCUT2D eigenvalue weighted by molar-refractivity contribution is 5.94. The number of amides is 4. The molecule has 0 aliphatic carbocycles. The van der Waals surface area contributed by atoms with E-state index in [1.54, 1.807) is 20.8 Å². The van der Waals surface area contributed by atoms with Crippen molar-refractivity contribution in [3.05, 3.63) is 35.9 Å². The van der Waals surface area contributed by atoms with Gasteiger partial charge in [-0.2, -0.15) is 0 Å². The van der Waals surface area contributed by atoms with Crippen LogP contribution in [0, 0.1) is 5.92 Å². The molecule has 0 saturated carbocycles. The molecule has 13 nitrogen and oxygen atoms in total. The van der Waals surface area contributed by atoms with Crippen LogP contribution in [0.2, 0.25) is 0 Å². The van der Waals surface area contributed by atoms with Gasteiger partial charge in [-0.05, 0) is 45.6 Å². The Morgan fingerprint density at radius 2 is 1.47 bits per heavy atom. The predicted octanol–water partition coefficient (Wildman–Crippen LogP) is 1.86. The summed E-state index contributed by atoms with van der Waals surface area (Å²) in [6.07, 6.45) is -0.263. The lowest BCUT2D eigenvalue weighted by Gasteiger charge is -2.24. The summed E-state index contributed by atoms with van der Waals surface area (Å²) in [5, 5.41) is 10.5. The molecule has 0 aromatic heterocycles. The first-order chi connectivity index (χ1) is 21.2. The van der Waals surface area contributed by atoms with E-state index in [2.05, 4.69) is 21.3 Å². The van der Waals surface area contributed by atoms with Crippen LogP contribution >= 0.6 is 0 Å². The molecule has 45 heavy (non-hydrogen) atoms. The van der Waals surface area contributed by atoms with Crippen LogP contribution in [-0.4, -0.2) is 92.6 Å². The third-order valence-electron chi connectivity index (χ3n) is 5.97. The number of nitrogens with one attached hydrogen (secondary N) is 4. The fourth-order valence-electron chi connectivity index (χ4n) is 3.91. The number of alkyl carbamates (subject to hydrolysis) is 1. The van der Waals surface area contributed by atoms with Crippen molar-refractivity contribution in [2.24, 2.45) is 5.92 Å². The SMILES string of the molecule is CC(=O)CNC(=O)C(CC(C)C)NC(=O)C(Cc1ccccc1)NC(=O)CCC(=O)COCCOCCNC(=O)OC(C)(C)C. The molecule has 0 spiro atoms. The summed E-state index contributed by atoms with van der Waals surface area (Å²) >= 11 is 0. The van der Waals surface area contributed by atoms with Gasteiger partial charge in [0.1, 0.15) is 30.1 Å². The summed E-state index contributed by atoms with van der Waals surface area (Å²) in [4.78, 5) is 73.9. The van der Waals surface area contributed by atoms with E-state index >= 15 is 0 Å². The normalized spacial score (nSPS) is 12.5. The molecular formula is C32H50N4O9. The number of benzene rings is 1. The van der Waals surface area contributed by atoms with Crippen LogP contribution in [0.3, 0.4) is 0 Å². The summed E-state index contributed by atoms with van der Waals surface area (Å²) < 4.78 is 15.8. The van der Waals surface area contributed by atoms with Crippen molar-refractivity contribution < 1.29 is 43.0 Å². The van der Waals surface area contributed by atoms with Crippen LogP contribution in [0.5, 0.6) is 0 Å². The van der Waals surface area contributed by atoms with Crippen LogP contribution in [0.25, 0.3) is 0 Å². The van der Waals surface area contributed by atoms with Gasteiger partial charge in [0.15, 0.2) is 5.78 Å². The number of hydrogen-bond acceptors (Lipinski definition) is 9. The number of carbonyl (C=O) groups excluding carboxylic acids is 6. The topological polar surface area (TPSA) is 178 Å². The van der Waals surface area contributed by atoms with Crippen LogP contribution < -0.4 is 21.3 Å². The minimum atomic E-state index is -0.997. The summed E-state index contributed by atoms with van der Waals surface area (Å²) in [7, 11) is 0. The number of hydrogen-bond donors (Lipinski definition) is 4. The molecule has 0 aliphatic rings. The van der Waals surface area contributed by atoms with Gasteiger partial charge in [-0.25, -0.2) is 4.79 Å². The maximum atomic E-state index is 13.3. The summed E-state index contributed by atoms with van der Waals surface area (Å²) in [6, 6.07) is 7.21. The number of rotatable bonds is 21. The van der Waals surface area contributed by atoms with Gasteiger partial charge in [0.2, 0.25) is 17.7 Å². The van der Waals surface area contributed by atoms with Gasteiger partial charge in [-0.1, -0.05) is 44.2 Å². The van der Waals surface area contributed by atoms with Crippen LogP contribution in [0.1, 0.15) is 66.4 Å². The Kier molecular flexibility index (Phi) is 18.3. The second-order valence-electron chi connectivity index (χ2n) is 12.1. The van der Waals surface area contributed by atoms with Crippen molar-refractivity contribution >= 4 is 35.4 Å². The van der Waals surface area contributed by atoms with Gasteiger partial charge >= 0.3 is 6.09 Å². The second-order valence-corrected chi connectivity index (χ2v) is 12.1. The number of ketones is 2. The number of carbonyl (C=O) groups is 6. The second kappa shape index (κ2) is 21.0. The van der Waals surface area contributed by atoms with Crippen LogP contribution in [0.15, 0.2) is 30.3 Å². The van der Waals surface area contributed by atoms with Crippen molar-refractivity contribution in [3.8, 4) is 0 Å². The first kappa shape index (κ1) is 39.2. The van der Waals surface area contributed by atoms with Crippen molar-refractivity contribution in [1.29, 1.82) is 0 Å².